The predicted molar refractivity (Wildman–Crippen MR) is 84.5 cm³/mol. The van der Waals surface area contributed by atoms with Crippen LogP contribution >= 0.6 is 11.6 Å². The molecule has 23 heavy (non-hydrogen) atoms. The first-order chi connectivity index (χ1) is 10.7. The van der Waals surface area contributed by atoms with Gasteiger partial charge in [0.2, 0.25) is 15.9 Å². The molecule has 7 nitrogen and oxygen atoms in total. The van der Waals surface area contributed by atoms with Gasteiger partial charge < -0.3 is 10.8 Å². The average Bonchev–Trinajstić information content (AvgIpc) is 2.44. The number of amides is 1. The number of sulfonamides is 1. The van der Waals surface area contributed by atoms with E-state index in [-0.39, 0.29) is 4.90 Å². The molecule has 122 valence electrons. The predicted octanol–water partition coefficient (Wildman–Crippen LogP) is 1.05. The van der Waals surface area contributed by atoms with Crippen LogP contribution in [0.15, 0.2) is 41.3 Å². The number of carbonyl (C=O) groups excluding carboxylic acids is 1. The van der Waals surface area contributed by atoms with Crippen LogP contribution in [0.5, 0.6) is 0 Å². The largest absolute Gasteiger partial charge is 0.480 e. The standard InChI is InChI=1S/C14H13ClN2O5S/c15-11-3-1-10-6-12(4-2-9(10)5-11)23(21,22)17(7-13(16)18)8-14(19)20/h1-6H,7-8H2,(H2,16,18)(H,19,20). The number of carboxylic acid groups (broad SMARTS) is 1. The maximum absolute atomic E-state index is 12.5. The van der Waals surface area contributed by atoms with Crippen molar-refractivity contribution >= 4 is 44.3 Å². The molecule has 0 bridgehead atoms. The van der Waals surface area contributed by atoms with Crippen molar-refractivity contribution in [2.45, 2.75) is 4.90 Å². The summed E-state index contributed by atoms with van der Waals surface area (Å²) in [5.41, 5.74) is 5.00. The molecule has 0 heterocycles. The second-order valence-electron chi connectivity index (χ2n) is 4.79. The quantitative estimate of drug-likeness (QED) is 0.802. The summed E-state index contributed by atoms with van der Waals surface area (Å²) in [7, 11) is -4.17. The van der Waals surface area contributed by atoms with Crippen LogP contribution in [0, 0.1) is 0 Å². The number of rotatable bonds is 6. The minimum Gasteiger partial charge on any atom is -0.480 e. The van der Waals surface area contributed by atoms with Gasteiger partial charge in [-0.2, -0.15) is 4.31 Å². The zero-order chi connectivity index (χ0) is 17.2. The highest BCUT2D eigenvalue weighted by Gasteiger charge is 2.28. The molecule has 1 amide bonds. The fourth-order valence-electron chi connectivity index (χ4n) is 2.05. The number of fused-ring (bicyclic) bond motifs is 1. The van der Waals surface area contributed by atoms with Gasteiger partial charge in [-0.1, -0.05) is 23.7 Å². The Labute approximate surface area is 137 Å². The lowest BCUT2D eigenvalue weighted by molar-refractivity contribution is -0.137. The van der Waals surface area contributed by atoms with Gasteiger partial charge in [-0.05, 0) is 35.0 Å². The highest BCUT2D eigenvalue weighted by atomic mass is 35.5. The van der Waals surface area contributed by atoms with E-state index in [1.54, 1.807) is 24.3 Å². The molecule has 2 rings (SSSR count). The summed E-state index contributed by atoms with van der Waals surface area (Å²) in [6.45, 7) is -1.57. The molecule has 2 aromatic carbocycles. The summed E-state index contributed by atoms with van der Waals surface area (Å²) < 4.78 is 25.6. The normalized spacial score (nSPS) is 11.7. The van der Waals surface area contributed by atoms with E-state index in [0.717, 1.165) is 5.39 Å². The van der Waals surface area contributed by atoms with Crippen LogP contribution in [-0.4, -0.2) is 42.8 Å². The molecule has 0 saturated heterocycles. The van der Waals surface area contributed by atoms with E-state index in [0.29, 0.717) is 14.7 Å². The molecular formula is C14H13ClN2O5S. The van der Waals surface area contributed by atoms with Crippen LogP contribution in [-0.2, 0) is 19.6 Å². The third kappa shape index (κ3) is 3.98. The molecule has 0 aliphatic carbocycles. The highest BCUT2D eigenvalue weighted by Crippen LogP contribution is 2.24. The number of carboxylic acids is 1. The summed E-state index contributed by atoms with van der Waals surface area (Å²) in [6, 6.07) is 9.19. The van der Waals surface area contributed by atoms with Gasteiger partial charge in [0.05, 0.1) is 11.4 Å². The Morgan fingerprint density at radius 2 is 1.70 bits per heavy atom. The Morgan fingerprint density at radius 3 is 2.30 bits per heavy atom. The van der Waals surface area contributed by atoms with Gasteiger partial charge in [-0.25, -0.2) is 8.42 Å². The van der Waals surface area contributed by atoms with Gasteiger partial charge >= 0.3 is 5.97 Å². The Kier molecular flexibility index (Phi) is 4.88. The first-order valence-electron chi connectivity index (χ1n) is 6.40. The molecular weight excluding hydrogens is 344 g/mol. The molecule has 0 atom stereocenters. The fourth-order valence-corrected chi connectivity index (χ4v) is 3.63. The Morgan fingerprint density at radius 1 is 1.09 bits per heavy atom. The summed E-state index contributed by atoms with van der Waals surface area (Å²) in [5.74, 6) is -2.33. The van der Waals surface area contributed by atoms with Crippen LogP contribution in [0.4, 0.5) is 0 Å². The molecule has 0 fully saturated rings. The minimum absolute atomic E-state index is 0.130. The number of hydrogen-bond donors (Lipinski definition) is 2. The summed E-state index contributed by atoms with van der Waals surface area (Å²) >= 11 is 5.87. The van der Waals surface area contributed by atoms with Crippen molar-refractivity contribution in [3.8, 4) is 0 Å². The highest BCUT2D eigenvalue weighted by molar-refractivity contribution is 7.89. The first kappa shape index (κ1) is 17.2. The summed E-state index contributed by atoms with van der Waals surface area (Å²) in [5, 5.41) is 10.7. The van der Waals surface area contributed by atoms with E-state index in [2.05, 4.69) is 0 Å². The van der Waals surface area contributed by atoms with Gasteiger partial charge in [0.25, 0.3) is 0 Å². The lowest BCUT2D eigenvalue weighted by Crippen LogP contribution is -2.41. The monoisotopic (exact) mass is 356 g/mol. The van der Waals surface area contributed by atoms with Gasteiger partial charge in [-0.3, -0.25) is 9.59 Å². The maximum Gasteiger partial charge on any atom is 0.318 e. The molecule has 0 aliphatic rings. The number of carbonyl (C=O) groups is 2. The van der Waals surface area contributed by atoms with Crippen molar-refractivity contribution in [1.82, 2.24) is 4.31 Å². The Hall–Kier alpha value is -2.16. The number of halogens is 1. The van der Waals surface area contributed by atoms with Crippen LogP contribution in [0.1, 0.15) is 0 Å². The molecule has 0 saturated carbocycles. The number of primary amides is 1. The van der Waals surface area contributed by atoms with Crippen molar-refractivity contribution in [2.75, 3.05) is 13.1 Å². The number of benzene rings is 2. The maximum atomic E-state index is 12.5. The van der Waals surface area contributed by atoms with Crippen LogP contribution < -0.4 is 5.73 Å². The second kappa shape index (κ2) is 6.53. The van der Waals surface area contributed by atoms with E-state index >= 15 is 0 Å². The SMILES string of the molecule is NC(=O)CN(CC(=O)O)S(=O)(=O)c1ccc2cc(Cl)ccc2c1. The van der Waals surface area contributed by atoms with Crippen molar-refractivity contribution in [3.63, 3.8) is 0 Å². The fraction of sp³-hybridized carbons (Fsp3) is 0.143. The van der Waals surface area contributed by atoms with Gasteiger partial charge in [0.1, 0.15) is 6.54 Å². The summed E-state index contributed by atoms with van der Waals surface area (Å²) in [4.78, 5) is 21.7. The molecule has 9 heteroatoms. The van der Waals surface area contributed by atoms with E-state index in [9.17, 15) is 18.0 Å². The Bertz CT molecular complexity index is 866. The van der Waals surface area contributed by atoms with Crippen molar-refractivity contribution < 1.29 is 23.1 Å². The smallest absolute Gasteiger partial charge is 0.318 e. The molecule has 3 N–H and O–H groups in total. The molecule has 0 unspecified atom stereocenters. The molecule has 0 aromatic heterocycles. The van der Waals surface area contributed by atoms with E-state index in [1.807, 2.05) is 0 Å². The topological polar surface area (TPSA) is 118 Å². The third-order valence-electron chi connectivity index (χ3n) is 3.06. The second-order valence-corrected chi connectivity index (χ2v) is 7.16. The van der Waals surface area contributed by atoms with Gasteiger partial charge in [0.15, 0.2) is 0 Å². The van der Waals surface area contributed by atoms with E-state index < -0.39 is 35.0 Å². The number of nitrogens with two attached hydrogens (primary N) is 1. The van der Waals surface area contributed by atoms with Crippen LogP contribution in [0.3, 0.4) is 0 Å². The lowest BCUT2D eigenvalue weighted by Gasteiger charge is -2.19. The Balaban J connectivity index is 2.49. The molecule has 0 radical (unpaired) electrons. The van der Waals surface area contributed by atoms with E-state index in [1.165, 1.54) is 12.1 Å². The zero-order valence-electron chi connectivity index (χ0n) is 11.8. The number of hydrogen-bond acceptors (Lipinski definition) is 4. The van der Waals surface area contributed by atoms with Gasteiger partial charge in [-0.15, -0.1) is 0 Å². The van der Waals surface area contributed by atoms with E-state index in [4.69, 9.17) is 22.4 Å². The lowest BCUT2D eigenvalue weighted by atomic mass is 10.1. The third-order valence-corrected chi connectivity index (χ3v) is 5.08. The first-order valence-corrected chi connectivity index (χ1v) is 8.21. The molecule has 2 aromatic rings. The number of aliphatic carboxylic acids is 1. The molecule has 0 spiro atoms. The van der Waals surface area contributed by atoms with Gasteiger partial charge in [0, 0.05) is 5.02 Å². The molecule has 0 aliphatic heterocycles. The zero-order valence-corrected chi connectivity index (χ0v) is 13.3. The van der Waals surface area contributed by atoms with Crippen molar-refractivity contribution in [2.24, 2.45) is 5.73 Å². The van der Waals surface area contributed by atoms with Crippen molar-refractivity contribution in [1.29, 1.82) is 0 Å². The van der Waals surface area contributed by atoms with Crippen LogP contribution in [0.2, 0.25) is 5.02 Å². The number of nitrogens with zero attached hydrogens (tertiary/aromatic N) is 1. The van der Waals surface area contributed by atoms with Crippen LogP contribution in [0.25, 0.3) is 10.8 Å². The summed E-state index contributed by atoms with van der Waals surface area (Å²) in [6.07, 6.45) is 0. The average molecular weight is 357 g/mol. The minimum atomic E-state index is -4.17. The van der Waals surface area contributed by atoms with Crippen molar-refractivity contribution in [3.05, 3.63) is 41.4 Å².